The lowest BCUT2D eigenvalue weighted by atomic mass is 10.1. The molecule has 0 saturated carbocycles. The third-order valence-corrected chi connectivity index (χ3v) is 3.89. The molecule has 0 amide bonds. The number of rotatable bonds is 6. The number of hydrogen-bond donors (Lipinski definition) is 0. The van der Waals surface area contributed by atoms with E-state index in [1.807, 2.05) is 0 Å². The highest BCUT2D eigenvalue weighted by molar-refractivity contribution is 6.06. The Morgan fingerprint density at radius 1 is 1.00 bits per heavy atom. The Balaban J connectivity index is 2.00. The maximum atomic E-state index is 12.6. The molecule has 2 aromatic rings. The van der Waals surface area contributed by atoms with Crippen molar-refractivity contribution in [2.45, 2.75) is 39.5 Å². The SMILES string of the molecule is Cc1cc(/C=C/C(=O)c2ccc(C(F)(F)F)cc2)ccc1OCC(=O)OC(C)(C)C. The molecule has 0 unspecified atom stereocenters. The van der Waals surface area contributed by atoms with Crippen LogP contribution in [0.15, 0.2) is 48.5 Å². The number of aryl methyl sites for hydroxylation is 1. The zero-order valence-electron chi connectivity index (χ0n) is 17.2. The van der Waals surface area contributed by atoms with Crippen LogP contribution in [0.1, 0.15) is 47.8 Å². The van der Waals surface area contributed by atoms with Crippen molar-refractivity contribution in [3.8, 4) is 5.75 Å². The van der Waals surface area contributed by atoms with E-state index in [-0.39, 0.29) is 12.2 Å². The summed E-state index contributed by atoms with van der Waals surface area (Å²) in [6.45, 7) is 6.87. The number of carbonyl (C=O) groups is 2. The lowest BCUT2D eigenvalue weighted by Gasteiger charge is -2.19. The van der Waals surface area contributed by atoms with Crippen LogP contribution >= 0.6 is 0 Å². The quantitative estimate of drug-likeness (QED) is 0.345. The number of allylic oxidation sites excluding steroid dienone is 1. The van der Waals surface area contributed by atoms with Crippen molar-refractivity contribution in [3.05, 3.63) is 70.8 Å². The van der Waals surface area contributed by atoms with Gasteiger partial charge in [-0.25, -0.2) is 4.79 Å². The van der Waals surface area contributed by atoms with Gasteiger partial charge in [0.05, 0.1) is 5.56 Å². The fourth-order valence-electron chi connectivity index (χ4n) is 2.54. The molecule has 2 rings (SSSR count). The summed E-state index contributed by atoms with van der Waals surface area (Å²) in [5.41, 5.74) is 0.220. The Hall–Kier alpha value is -3.09. The topological polar surface area (TPSA) is 52.6 Å². The maximum Gasteiger partial charge on any atom is 0.416 e. The van der Waals surface area contributed by atoms with Gasteiger partial charge in [0, 0.05) is 5.56 Å². The van der Waals surface area contributed by atoms with E-state index in [0.29, 0.717) is 11.3 Å². The van der Waals surface area contributed by atoms with E-state index in [1.165, 1.54) is 6.08 Å². The van der Waals surface area contributed by atoms with Gasteiger partial charge in [-0.3, -0.25) is 4.79 Å². The van der Waals surface area contributed by atoms with Crippen LogP contribution in [-0.4, -0.2) is 24.0 Å². The number of hydrogen-bond acceptors (Lipinski definition) is 4. The van der Waals surface area contributed by atoms with Crippen LogP contribution in [0.3, 0.4) is 0 Å². The van der Waals surface area contributed by atoms with Gasteiger partial charge in [0.15, 0.2) is 12.4 Å². The molecule has 0 radical (unpaired) electrons. The van der Waals surface area contributed by atoms with Crippen LogP contribution in [0.4, 0.5) is 13.2 Å². The van der Waals surface area contributed by atoms with E-state index in [9.17, 15) is 22.8 Å². The Bertz CT molecular complexity index is 936. The number of alkyl halides is 3. The molecule has 0 bridgehead atoms. The lowest BCUT2D eigenvalue weighted by Crippen LogP contribution is -2.27. The minimum atomic E-state index is -4.44. The van der Waals surface area contributed by atoms with E-state index in [4.69, 9.17) is 9.47 Å². The Morgan fingerprint density at radius 2 is 1.63 bits per heavy atom. The summed E-state index contributed by atoms with van der Waals surface area (Å²) in [6.07, 6.45) is -1.59. The first-order valence-corrected chi connectivity index (χ1v) is 9.20. The normalized spacial score (nSPS) is 12.1. The van der Waals surface area contributed by atoms with Gasteiger partial charge in [0.25, 0.3) is 0 Å². The smallest absolute Gasteiger partial charge is 0.416 e. The molecule has 0 N–H and O–H groups in total. The standard InChI is InChI=1S/C23H23F3O4/c1-15-13-16(6-12-20(15)29-14-21(28)30-22(2,3)4)5-11-19(27)17-7-9-18(10-8-17)23(24,25)26/h5-13H,14H2,1-4H3/b11-5+. The summed E-state index contributed by atoms with van der Waals surface area (Å²) < 4.78 is 48.4. The number of carbonyl (C=O) groups excluding carboxylic acids is 2. The number of benzene rings is 2. The van der Waals surface area contributed by atoms with Gasteiger partial charge in [-0.05, 0) is 69.2 Å². The lowest BCUT2D eigenvalue weighted by molar-refractivity contribution is -0.157. The molecule has 0 aliphatic rings. The number of halogens is 3. The monoisotopic (exact) mass is 420 g/mol. The van der Waals surface area contributed by atoms with Crippen molar-refractivity contribution < 1.29 is 32.2 Å². The van der Waals surface area contributed by atoms with Crippen molar-refractivity contribution in [1.82, 2.24) is 0 Å². The van der Waals surface area contributed by atoms with E-state index < -0.39 is 29.1 Å². The molecule has 0 fully saturated rings. The van der Waals surface area contributed by atoms with Crippen LogP contribution in [0.2, 0.25) is 0 Å². The van der Waals surface area contributed by atoms with Crippen molar-refractivity contribution in [2.24, 2.45) is 0 Å². The molecule has 0 aliphatic carbocycles. The van der Waals surface area contributed by atoms with Crippen LogP contribution < -0.4 is 4.74 Å². The van der Waals surface area contributed by atoms with Gasteiger partial charge in [-0.2, -0.15) is 13.2 Å². The molecule has 0 saturated heterocycles. The molecule has 30 heavy (non-hydrogen) atoms. The van der Waals surface area contributed by atoms with Gasteiger partial charge in [-0.1, -0.05) is 24.3 Å². The first kappa shape index (κ1) is 23.2. The first-order chi connectivity index (χ1) is 13.8. The van der Waals surface area contributed by atoms with E-state index in [0.717, 1.165) is 29.8 Å². The number of ether oxygens (including phenoxy) is 2. The largest absolute Gasteiger partial charge is 0.482 e. The predicted octanol–water partition coefficient (Wildman–Crippen LogP) is 5.63. The molecule has 0 atom stereocenters. The second-order valence-electron chi connectivity index (χ2n) is 7.67. The summed E-state index contributed by atoms with van der Waals surface area (Å²) in [5, 5.41) is 0. The van der Waals surface area contributed by atoms with Gasteiger partial charge in [0.1, 0.15) is 11.4 Å². The van der Waals surface area contributed by atoms with E-state index in [1.54, 1.807) is 52.0 Å². The molecule has 0 aliphatic heterocycles. The fraction of sp³-hybridized carbons (Fsp3) is 0.304. The Morgan fingerprint density at radius 3 is 2.17 bits per heavy atom. The summed E-state index contributed by atoms with van der Waals surface area (Å²) in [6, 6.07) is 9.18. The highest BCUT2D eigenvalue weighted by Gasteiger charge is 2.30. The van der Waals surface area contributed by atoms with Crippen molar-refractivity contribution in [3.63, 3.8) is 0 Å². The Kier molecular flexibility index (Phi) is 7.08. The Labute approximate surface area is 173 Å². The van der Waals surface area contributed by atoms with Gasteiger partial charge in [-0.15, -0.1) is 0 Å². The number of esters is 1. The molecular formula is C23H23F3O4. The van der Waals surface area contributed by atoms with Gasteiger partial charge in [0.2, 0.25) is 0 Å². The average Bonchev–Trinajstić information content (AvgIpc) is 2.63. The van der Waals surface area contributed by atoms with E-state index >= 15 is 0 Å². The second kappa shape index (κ2) is 9.15. The fourth-order valence-corrected chi connectivity index (χ4v) is 2.54. The van der Waals surface area contributed by atoms with Crippen molar-refractivity contribution >= 4 is 17.8 Å². The third kappa shape index (κ3) is 7.06. The molecule has 4 nitrogen and oxygen atoms in total. The summed E-state index contributed by atoms with van der Waals surface area (Å²) in [7, 11) is 0. The highest BCUT2D eigenvalue weighted by atomic mass is 19.4. The molecule has 0 heterocycles. The van der Waals surface area contributed by atoms with Crippen molar-refractivity contribution in [1.29, 1.82) is 0 Å². The van der Waals surface area contributed by atoms with Crippen LogP contribution in [0.25, 0.3) is 6.08 Å². The summed E-state index contributed by atoms with van der Waals surface area (Å²) in [5.74, 6) is -0.383. The number of ketones is 1. The third-order valence-electron chi connectivity index (χ3n) is 3.89. The minimum absolute atomic E-state index is 0.160. The summed E-state index contributed by atoms with van der Waals surface area (Å²) in [4.78, 5) is 23.9. The molecule has 2 aromatic carbocycles. The average molecular weight is 420 g/mol. The predicted molar refractivity (Wildman–Crippen MR) is 107 cm³/mol. The minimum Gasteiger partial charge on any atom is -0.482 e. The zero-order chi connectivity index (χ0) is 22.5. The van der Waals surface area contributed by atoms with Crippen LogP contribution in [0, 0.1) is 6.92 Å². The van der Waals surface area contributed by atoms with Gasteiger partial charge >= 0.3 is 12.1 Å². The van der Waals surface area contributed by atoms with E-state index in [2.05, 4.69) is 0 Å². The molecule has 0 aromatic heterocycles. The second-order valence-corrected chi connectivity index (χ2v) is 7.67. The molecule has 0 spiro atoms. The molecular weight excluding hydrogens is 397 g/mol. The highest BCUT2D eigenvalue weighted by Crippen LogP contribution is 2.29. The van der Waals surface area contributed by atoms with Crippen molar-refractivity contribution in [2.75, 3.05) is 6.61 Å². The van der Waals surface area contributed by atoms with Gasteiger partial charge < -0.3 is 9.47 Å². The summed E-state index contributed by atoms with van der Waals surface area (Å²) >= 11 is 0. The van der Waals surface area contributed by atoms with Crippen LogP contribution in [-0.2, 0) is 15.7 Å². The maximum absolute atomic E-state index is 12.6. The first-order valence-electron chi connectivity index (χ1n) is 9.20. The zero-order valence-corrected chi connectivity index (χ0v) is 17.2. The molecule has 160 valence electrons. The molecule has 7 heteroatoms. The van der Waals surface area contributed by atoms with Crippen LogP contribution in [0.5, 0.6) is 5.75 Å².